The number of aliphatic carboxylic acids is 1. The van der Waals surface area contributed by atoms with E-state index in [1.165, 1.54) is 19.3 Å². The highest BCUT2D eigenvalue weighted by atomic mass is 16.5. The van der Waals surface area contributed by atoms with Crippen LogP contribution in [0.1, 0.15) is 65.7 Å². The number of carboxylic acid groups (broad SMARTS) is 1. The molecule has 2 fully saturated rings. The van der Waals surface area contributed by atoms with Gasteiger partial charge in [-0.1, -0.05) is 38.3 Å². The molecule has 2 rings (SSSR count). The van der Waals surface area contributed by atoms with Gasteiger partial charge in [-0.2, -0.15) is 0 Å². The summed E-state index contributed by atoms with van der Waals surface area (Å²) in [7, 11) is 0. The lowest BCUT2D eigenvalue weighted by Crippen LogP contribution is -2.34. The molecule has 2 aliphatic heterocycles. The standard InChI is InChI=1S/C21H36O5/c1-4-5-6-8-13-24-15-17-16(18-11-12-19(17)26-18)10-7-9-14-25-21(2,3)20(22)23/h7,9,16-19H,4-6,8,10-15H2,1-3H3,(H,22,23)/b9-7-/t16-,17+,18-,19+/m0/s1. The van der Waals surface area contributed by atoms with Gasteiger partial charge in [-0.15, -0.1) is 0 Å². The zero-order valence-electron chi connectivity index (χ0n) is 16.6. The molecule has 0 aliphatic carbocycles. The molecule has 2 saturated heterocycles. The highest BCUT2D eigenvalue weighted by molar-refractivity contribution is 5.76. The molecule has 0 amide bonds. The summed E-state index contributed by atoms with van der Waals surface area (Å²) >= 11 is 0. The van der Waals surface area contributed by atoms with Gasteiger partial charge >= 0.3 is 5.97 Å². The fourth-order valence-electron chi connectivity index (χ4n) is 3.92. The van der Waals surface area contributed by atoms with E-state index in [0.29, 0.717) is 30.7 Å². The van der Waals surface area contributed by atoms with E-state index in [-0.39, 0.29) is 0 Å². The molecule has 1 N–H and O–H groups in total. The second-order valence-corrected chi connectivity index (χ2v) is 8.09. The second kappa shape index (κ2) is 10.4. The third-order valence-corrected chi connectivity index (χ3v) is 5.67. The second-order valence-electron chi connectivity index (χ2n) is 8.09. The molecule has 0 aromatic rings. The van der Waals surface area contributed by atoms with Gasteiger partial charge < -0.3 is 19.3 Å². The molecule has 0 aromatic heterocycles. The molecule has 0 radical (unpaired) electrons. The molecule has 5 nitrogen and oxygen atoms in total. The number of hydrogen-bond donors (Lipinski definition) is 1. The van der Waals surface area contributed by atoms with E-state index in [1.54, 1.807) is 13.8 Å². The summed E-state index contributed by atoms with van der Waals surface area (Å²) in [6, 6.07) is 0. The van der Waals surface area contributed by atoms with Crippen molar-refractivity contribution < 1.29 is 24.1 Å². The van der Waals surface area contributed by atoms with Crippen molar-refractivity contribution in [1.82, 2.24) is 0 Å². The van der Waals surface area contributed by atoms with Crippen molar-refractivity contribution in [2.75, 3.05) is 19.8 Å². The Balaban J connectivity index is 1.70. The van der Waals surface area contributed by atoms with Gasteiger partial charge in [0.1, 0.15) is 0 Å². The molecule has 0 spiro atoms. The number of allylic oxidation sites excluding steroid dienone is 1. The van der Waals surface area contributed by atoms with E-state index in [2.05, 4.69) is 13.0 Å². The Morgan fingerprint density at radius 3 is 2.58 bits per heavy atom. The first kappa shape index (κ1) is 21.4. The number of carbonyl (C=O) groups is 1. The van der Waals surface area contributed by atoms with Gasteiger partial charge in [0, 0.05) is 12.5 Å². The summed E-state index contributed by atoms with van der Waals surface area (Å²) in [6.07, 6.45) is 13.0. The van der Waals surface area contributed by atoms with Crippen molar-refractivity contribution in [3.05, 3.63) is 12.2 Å². The van der Waals surface area contributed by atoms with E-state index in [1.807, 2.05) is 6.08 Å². The van der Waals surface area contributed by atoms with Crippen LogP contribution in [0.5, 0.6) is 0 Å². The minimum absolute atomic E-state index is 0.319. The molecule has 150 valence electrons. The van der Waals surface area contributed by atoms with Crippen LogP contribution in [-0.4, -0.2) is 48.7 Å². The topological polar surface area (TPSA) is 65.0 Å². The number of unbranched alkanes of at least 4 members (excludes halogenated alkanes) is 3. The first-order valence-corrected chi connectivity index (χ1v) is 10.2. The molecular formula is C21H36O5. The summed E-state index contributed by atoms with van der Waals surface area (Å²) in [6.45, 7) is 7.34. The Hall–Kier alpha value is -0.910. The molecular weight excluding hydrogens is 332 g/mol. The number of hydrogen-bond acceptors (Lipinski definition) is 4. The SMILES string of the molecule is CCCCCCOC[C@@H]1[C@H](C/C=C\COC(C)(C)C(=O)O)[C@@H]2CC[C@H]1O2. The molecule has 0 aromatic carbocycles. The summed E-state index contributed by atoms with van der Waals surface area (Å²) in [5.74, 6) is 0.0534. The summed E-state index contributed by atoms with van der Waals surface area (Å²) in [4.78, 5) is 11.0. The van der Waals surface area contributed by atoms with Crippen molar-refractivity contribution in [3.63, 3.8) is 0 Å². The minimum atomic E-state index is -1.14. The van der Waals surface area contributed by atoms with E-state index in [0.717, 1.165) is 38.9 Å². The van der Waals surface area contributed by atoms with Crippen LogP contribution in [0.25, 0.3) is 0 Å². The van der Waals surface area contributed by atoms with Gasteiger partial charge in [-0.3, -0.25) is 0 Å². The highest BCUT2D eigenvalue weighted by Crippen LogP contribution is 2.45. The quantitative estimate of drug-likeness (QED) is 0.390. The van der Waals surface area contributed by atoms with Gasteiger partial charge in [0.2, 0.25) is 0 Å². The van der Waals surface area contributed by atoms with Crippen LogP contribution >= 0.6 is 0 Å². The van der Waals surface area contributed by atoms with Gasteiger partial charge in [0.25, 0.3) is 0 Å². The van der Waals surface area contributed by atoms with Crippen molar-refractivity contribution in [1.29, 1.82) is 0 Å². The van der Waals surface area contributed by atoms with Crippen LogP contribution in [0.2, 0.25) is 0 Å². The van der Waals surface area contributed by atoms with E-state index < -0.39 is 11.6 Å². The molecule has 2 heterocycles. The molecule has 0 saturated carbocycles. The number of ether oxygens (including phenoxy) is 3. The van der Waals surface area contributed by atoms with Crippen molar-refractivity contribution in [3.8, 4) is 0 Å². The third kappa shape index (κ3) is 6.07. The normalized spacial score (nSPS) is 28.3. The maximum absolute atomic E-state index is 11.0. The van der Waals surface area contributed by atoms with Crippen molar-refractivity contribution in [2.24, 2.45) is 11.8 Å². The Kier molecular flexibility index (Phi) is 8.58. The largest absolute Gasteiger partial charge is 0.479 e. The number of rotatable bonds is 13. The van der Waals surface area contributed by atoms with Crippen molar-refractivity contribution in [2.45, 2.75) is 83.5 Å². The van der Waals surface area contributed by atoms with E-state index >= 15 is 0 Å². The zero-order chi connectivity index (χ0) is 19.0. The monoisotopic (exact) mass is 368 g/mol. The summed E-state index contributed by atoms with van der Waals surface area (Å²) in [5, 5.41) is 9.05. The Morgan fingerprint density at radius 2 is 1.88 bits per heavy atom. The number of fused-ring (bicyclic) bond motifs is 2. The molecule has 26 heavy (non-hydrogen) atoms. The van der Waals surface area contributed by atoms with Crippen LogP contribution in [0.3, 0.4) is 0 Å². The zero-order valence-corrected chi connectivity index (χ0v) is 16.6. The number of carboxylic acids is 1. The lowest BCUT2D eigenvalue weighted by atomic mass is 9.78. The van der Waals surface area contributed by atoms with Crippen molar-refractivity contribution >= 4 is 5.97 Å². The fourth-order valence-corrected chi connectivity index (χ4v) is 3.92. The first-order valence-electron chi connectivity index (χ1n) is 10.2. The van der Waals surface area contributed by atoms with Crippen LogP contribution in [0.15, 0.2) is 12.2 Å². The average Bonchev–Trinajstić information content (AvgIpc) is 3.19. The van der Waals surface area contributed by atoms with E-state index in [9.17, 15) is 4.79 Å². The predicted molar refractivity (Wildman–Crippen MR) is 101 cm³/mol. The van der Waals surface area contributed by atoms with E-state index in [4.69, 9.17) is 19.3 Å². The molecule has 2 aliphatic rings. The lowest BCUT2D eigenvalue weighted by Gasteiger charge is -2.27. The lowest BCUT2D eigenvalue weighted by molar-refractivity contribution is -0.159. The van der Waals surface area contributed by atoms with Crippen LogP contribution in [0, 0.1) is 11.8 Å². The van der Waals surface area contributed by atoms with Gasteiger partial charge in [-0.05, 0) is 45.4 Å². The first-order chi connectivity index (χ1) is 12.5. The van der Waals surface area contributed by atoms with Crippen LogP contribution < -0.4 is 0 Å². The predicted octanol–water partition coefficient (Wildman–Crippen LogP) is 4.20. The third-order valence-electron chi connectivity index (χ3n) is 5.67. The molecule has 4 atom stereocenters. The smallest absolute Gasteiger partial charge is 0.335 e. The maximum Gasteiger partial charge on any atom is 0.335 e. The minimum Gasteiger partial charge on any atom is -0.479 e. The molecule has 5 heteroatoms. The molecule has 0 unspecified atom stereocenters. The summed E-state index contributed by atoms with van der Waals surface area (Å²) in [5.41, 5.74) is -1.14. The Morgan fingerprint density at radius 1 is 1.15 bits per heavy atom. The Bertz CT molecular complexity index is 459. The average molecular weight is 369 g/mol. The van der Waals surface area contributed by atoms with Crippen LogP contribution in [0.4, 0.5) is 0 Å². The Labute approximate surface area is 158 Å². The molecule has 2 bridgehead atoms. The van der Waals surface area contributed by atoms with Gasteiger partial charge in [0.05, 0.1) is 25.4 Å². The maximum atomic E-state index is 11.0. The van der Waals surface area contributed by atoms with Crippen LogP contribution in [-0.2, 0) is 19.0 Å². The highest BCUT2D eigenvalue weighted by Gasteiger charge is 2.48. The fraction of sp³-hybridized carbons (Fsp3) is 0.857. The van der Waals surface area contributed by atoms with Gasteiger partial charge in [0.15, 0.2) is 5.60 Å². The summed E-state index contributed by atoms with van der Waals surface area (Å²) < 4.78 is 17.5. The van der Waals surface area contributed by atoms with Gasteiger partial charge in [-0.25, -0.2) is 4.79 Å².